The van der Waals surface area contributed by atoms with Crippen molar-refractivity contribution in [2.45, 2.75) is 104 Å². The lowest BCUT2D eigenvalue weighted by Gasteiger charge is -2.58. The van der Waals surface area contributed by atoms with Gasteiger partial charge in [0.25, 0.3) is 0 Å². The molecule has 39 heavy (non-hydrogen) atoms. The third kappa shape index (κ3) is 4.57. The van der Waals surface area contributed by atoms with E-state index in [1.54, 1.807) is 5.57 Å². The second-order valence-electron chi connectivity index (χ2n) is 14.6. The monoisotopic (exact) mass is 536 g/mol. The predicted octanol–water partition coefficient (Wildman–Crippen LogP) is 5.81. The average Bonchev–Trinajstić information content (AvgIpc) is 3.50. The van der Waals surface area contributed by atoms with Crippen LogP contribution in [0.25, 0.3) is 0 Å². The first kappa shape index (κ1) is 27.4. The second kappa shape index (κ2) is 10.2. The van der Waals surface area contributed by atoms with E-state index in [1.165, 1.54) is 38.5 Å². The van der Waals surface area contributed by atoms with Crippen LogP contribution in [0.4, 0.5) is 5.82 Å². The lowest BCUT2D eigenvalue weighted by molar-refractivity contribution is -0.132. The maximum atomic E-state index is 13.3. The molecule has 1 aromatic rings. The van der Waals surface area contributed by atoms with Gasteiger partial charge >= 0.3 is 0 Å². The maximum Gasteiger partial charge on any atom is 0.222 e. The molecule has 1 aliphatic heterocycles. The SMILES string of the molecule is CC(CCC(=O)N1CCN(c2ccnn2C)[C@@H](C)C1)[C@H]1CC[C@H]2[C@@H]3CC=C4C[C@@H](O)CC[C@]4(C)[C@H]3CC[C@]12C. The van der Waals surface area contributed by atoms with Crippen molar-refractivity contribution in [2.24, 2.45) is 47.5 Å². The quantitative estimate of drug-likeness (QED) is 0.482. The van der Waals surface area contributed by atoms with Gasteiger partial charge in [0.05, 0.1) is 12.3 Å². The molecule has 1 saturated heterocycles. The van der Waals surface area contributed by atoms with E-state index >= 15 is 0 Å². The fourth-order valence-corrected chi connectivity index (χ4v) is 10.5. The van der Waals surface area contributed by atoms with E-state index in [1.807, 2.05) is 17.9 Å². The Balaban J connectivity index is 1.06. The summed E-state index contributed by atoms with van der Waals surface area (Å²) in [5.41, 5.74) is 2.31. The van der Waals surface area contributed by atoms with Crippen LogP contribution in [0.1, 0.15) is 91.9 Å². The molecule has 9 atom stereocenters. The molecule has 3 saturated carbocycles. The molecule has 4 fully saturated rings. The van der Waals surface area contributed by atoms with E-state index in [9.17, 15) is 9.90 Å². The molecule has 0 radical (unpaired) electrons. The van der Waals surface area contributed by atoms with Crippen molar-refractivity contribution in [3.63, 3.8) is 0 Å². The van der Waals surface area contributed by atoms with Crippen LogP contribution in [0, 0.1) is 40.4 Å². The number of rotatable bonds is 5. The van der Waals surface area contributed by atoms with Crippen LogP contribution in [-0.4, -0.2) is 57.5 Å². The number of anilines is 1. The zero-order valence-corrected chi connectivity index (χ0v) is 25.1. The Morgan fingerprint density at radius 2 is 1.97 bits per heavy atom. The van der Waals surface area contributed by atoms with E-state index in [0.717, 1.165) is 68.4 Å². The van der Waals surface area contributed by atoms with Crippen LogP contribution in [0.5, 0.6) is 0 Å². The van der Waals surface area contributed by atoms with Crippen molar-refractivity contribution < 1.29 is 9.90 Å². The lowest BCUT2D eigenvalue weighted by atomic mass is 9.47. The van der Waals surface area contributed by atoms with Gasteiger partial charge in [0.2, 0.25) is 5.91 Å². The van der Waals surface area contributed by atoms with E-state index in [4.69, 9.17) is 0 Å². The fourth-order valence-electron chi connectivity index (χ4n) is 10.5. The van der Waals surface area contributed by atoms with Gasteiger partial charge in [0.15, 0.2) is 0 Å². The number of aryl methyl sites for hydroxylation is 1. The molecule has 0 spiro atoms. The minimum Gasteiger partial charge on any atom is -0.393 e. The Hall–Kier alpha value is -1.82. The molecule has 1 unspecified atom stereocenters. The average molecular weight is 537 g/mol. The number of fused-ring (bicyclic) bond motifs is 5. The smallest absolute Gasteiger partial charge is 0.222 e. The summed E-state index contributed by atoms with van der Waals surface area (Å²) in [6.45, 7) is 12.3. The van der Waals surface area contributed by atoms with Crippen molar-refractivity contribution >= 4 is 11.7 Å². The van der Waals surface area contributed by atoms with Gasteiger partial charge in [0, 0.05) is 45.2 Å². The largest absolute Gasteiger partial charge is 0.393 e. The van der Waals surface area contributed by atoms with Gasteiger partial charge in [-0.25, -0.2) is 0 Å². The Kier molecular flexibility index (Phi) is 7.17. The van der Waals surface area contributed by atoms with Gasteiger partial charge in [-0.2, -0.15) is 5.10 Å². The summed E-state index contributed by atoms with van der Waals surface area (Å²) >= 11 is 0. The molecule has 6 heteroatoms. The molecule has 6 rings (SSSR count). The summed E-state index contributed by atoms with van der Waals surface area (Å²) in [6.07, 6.45) is 15.7. The Morgan fingerprint density at radius 3 is 2.72 bits per heavy atom. The van der Waals surface area contributed by atoms with Crippen LogP contribution in [0.3, 0.4) is 0 Å². The van der Waals surface area contributed by atoms with Gasteiger partial charge in [-0.1, -0.05) is 32.4 Å². The molecule has 1 N–H and O–H groups in total. The van der Waals surface area contributed by atoms with Crippen molar-refractivity contribution in [1.29, 1.82) is 0 Å². The summed E-state index contributed by atoms with van der Waals surface area (Å²) in [6, 6.07) is 2.38. The molecule has 2 heterocycles. The van der Waals surface area contributed by atoms with Crippen LogP contribution in [0.2, 0.25) is 0 Å². The summed E-state index contributed by atoms with van der Waals surface area (Å²) in [5, 5.41) is 14.6. The van der Waals surface area contributed by atoms with Crippen molar-refractivity contribution in [1.82, 2.24) is 14.7 Å². The number of carbonyl (C=O) groups is 1. The molecule has 1 aromatic heterocycles. The first-order valence-electron chi connectivity index (χ1n) is 16.0. The standard InChI is InChI=1S/C33H52N4O2/c1-22(6-11-31(39)36-18-19-37(23(2)21-36)30-14-17-34-35(30)5)27-9-10-28-26-8-7-24-20-25(38)12-15-32(24,3)29(26)13-16-33(27,28)4/h7,14,17,22-23,25-29,38H,6,8-13,15-16,18-21H2,1-5H3/t22?,23-,25-,26-,27+,28-,29-,32-,33+/m0/s1. The van der Waals surface area contributed by atoms with Crippen LogP contribution >= 0.6 is 0 Å². The van der Waals surface area contributed by atoms with Gasteiger partial charge in [0.1, 0.15) is 5.82 Å². The summed E-state index contributed by atoms with van der Waals surface area (Å²) in [5.74, 6) is 5.25. The predicted molar refractivity (Wildman–Crippen MR) is 156 cm³/mol. The number of nitrogens with zero attached hydrogens (tertiary/aromatic N) is 4. The number of amides is 1. The molecule has 216 valence electrons. The minimum atomic E-state index is -0.123. The highest BCUT2D eigenvalue weighted by atomic mass is 16.3. The lowest BCUT2D eigenvalue weighted by Crippen LogP contribution is -2.54. The molecule has 1 amide bonds. The molecule has 4 aliphatic carbocycles. The summed E-state index contributed by atoms with van der Waals surface area (Å²) in [4.78, 5) is 17.8. The number of hydrogen-bond donors (Lipinski definition) is 1. The van der Waals surface area contributed by atoms with Gasteiger partial charge in [-0.3, -0.25) is 9.48 Å². The van der Waals surface area contributed by atoms with Gasteiger partial charge < -0.3 is 14.9 Å². The highest BCUT2D eigenvalue weighted by Gasteiger charge is 2.59. The Bertz CT molecular complexity index is 1100. The first-order chi connectivity index (χ1) is 18.6. The van der Waals surface area contributed by atoms with E-state index in [-0.39, 0.29) is 6.10 Å². The molecule has 0 aromatic carbocycles. The minimum absolute atomic E-state index is 0.123. The van der Waals surface area contributed by atoms with Gasteiger partial charge in [-0.15, -0.1) is 0 Å². The molecular weight excluding hydrogens is 484 g/mol. The van der Waals surface area contributed by atoms with Crippen molar-refractivity contribution in [3.8, 4) is 0 Å². The number of hydrogen-bond acceptors (Lipinski definition) is 4. The maximum absolute atomic E-state index is 13.3. The highest BCUT2D eigenvalue weighted by molar-refractivity contribution is 5.76. The van der Waals surface area contributed by atoms with Crippen molar-refractivity contribution in [2.75, 3.05) is 24.5 Å². The number of carbonyl (C=O) groups excluding carboxylic acids is 1. The Labute approximate surface area is 236 Å². The van der Waals surface area contributed by atoms with Crippen LogP contribution in [0.15, 0.2) is 23.9 Å². The summed E-state index contributed by atoms with van der Waals surface area (Å²) in [7, 11) is 1.99. The van der Waals surface area contributed by atoms with Crippen molar-refractivity contribution in [3.05, 3.63) is 23.9 Å². The normalized spacial score (nSPS) is 40.9. The van der Waals surface area contributed by atoms with E-state index < -0.39 is 0 Å². The number of aromatic nitrogens is 2. The van der Waals surface area contributed by atoms with E-state index in [0.29, 0.717) is 35.1 Å². The molecular formula is C33H52N4O2. The third-order valence-electron chi connectivity index (χ3n) is 12.7. The molecule has 0 bridgehead atoms. The number of aliphatic hydroxyl groups excluding tert-OH is 1. The third-order valence-corrected chi connectivity index (χ3v) is 12.7. The van der Waals surface area contributed by atoms with Gasteiger partial charge in [-0.05, 0) is 105 Å². The fraction of sp³-hybridized carbons (Fsp3) is 0.818. The molecule has 6 nitrogen and oxygen atoms in total. The first-order valence-corrected chi connectivity index (χ1v) is 16.0. The Morgan fingerprint density at radius 1 is 1.15 bits per heavy atom. The number of aliphatic hydroxyl groups is 1. The zero-order valence-electron chi connectivity index (χ0n) is 25.1. The van der Waals surface area contributed by atoms with Crippen LogP contribution in [-0.2, 0) is 11.8 Å². The highest BCUT2D eigenvalue weighted by Crippen LogP contribution is 2.67. The number of piperazine rings is 1. The zero-order chi connectivity index (χ0) is 27.5. The van der Waals surface area contributed by atoms with E-state index in [2.05, 4.69) is 54.7 Å². The second-order valence-corrected chi connectivity index (χ2v) is 14.6. The topological polar surface area (TPSA) is 61.6 Å². The van der Waals surface area contributed by atoms with Crippen LogP contribution < -0.4 is 4.90 Å². The molecule has 5 aliphatic rings. The number of allylic oxidation sites excluding steroid dienone is 1. The summed E-state index contributed by atoms with van der Waals surface area (Å²) < 4.78 is 1.93.